The van der Waals surface area contributed by atoms with Crippen LogP contribution < -0.4 is 0 Å². The minimum Gasteiger partial charge on any atom is -0.390 e. The van der Waals surface area contributed by atoms with E-state index in [1.165, 1.54) is 49.7 Å². The summed E-state index contributed by atoms with van der Waals surface area (Å²) in [7, 11) is 0. The van der Waals surface area contributed by atoms with Gasteiger partial charge in [-0.25, -0.2) is 8.78 Å². The second-order valence-corrected chi connectivity index (χ2v) is 23.3. The van der Waals surface area contributed by atoms with Crippen LogP contribution in [0.4, 0.5) is 8.78 Å². The van der Waals surface area contributed by atoms with Gasteiger partial charge in [0.15, 0.2) is 0 Å². The summed E-state index contributed by atoms with van der Waals surface area (Å²) in [5.74, 6) is 3.15. The molecule has 6 aliphatic carbocycles. The van der Waals surface area contributed by atoms with Crippen molar-refractivity contribution >= 4 is 0 Å². The molecule has 10 heteroatoms. The highest BCUT2D eigenvalue weighted by Gasteiger charge is 2.52. The van der Waals surface area contributed by atoms with E-state index in [-0.39, 0.29) is 36.5 Å². The van der Waals surface area contributed by atoms with Crippen LogP contribution in [0.1, 0.15) is 171 Å². The van der Waals surface area contributed by atoms with E-state index < -0.39 is 60.2 Å². The van der Waals surface area contributed by atoms with Crippen LogP contribution in [-0.2, 0) is 0 Å². The lowest BCUT2D eigenvalue weighted by atomic mass is 9.61. The SMILES string of the molecule is CCC(O)(/C=C/C=C/[C@@H](C)C1CCC2/C(=C/C=C3C[C@@H](O)C(O)(CF)[C@H](O)C3)CCCC21C)CC.CCC(O)(/C=C/C=C/[C@@H](C)C1CCC2/C(=C/C=C3C[C@@H](O)C(O)(CF)[C@H](O)C3)CCCC21C)CC. The molecule has 6 unspecified atom stereocenters. The molecule has 396 valence electrons. The molecule has 6 aliphatic rings. The summed E-state index contributed by atoms with van der Waals surface area (Å²) in [5.41, 5.74) is -0.469. The molecule has 0 bridgehead atoms. The smallest absolute Gasteiger partial charge is 0.145 e. The Morgan fingerprint density at radius 1 is 0.543 bits per heavy atom. The highest BCUT2D eigenvalue weighted by Crippen LogP contribution is 2.61. The number of fused-ring (bicyclic) bond motifs is 2. The first-order valence-electron chi connectivity index (χ1n) is 27.3. The highest BCUT2D eigenvalue weighted by molar-refractivity contribution is 5.30. The van der Waals surface area contributed by atoms with Gasteiger partial charge in [0.05, 0.1) is 35.6 Å². The monoisotopic (exact) mass is 981 g/mol. The van der Waals surface area contributed by atoms with Gasteiger partial charge in [0.2, 0.25) is 0 Å². The molecule has 8 N–H and O–H groups in total. The molecule has 0 spiro atoms. The molecule has 0 saturated heterocycles. The number of hydrogen-bond acceptors (Lipinski definition) is 8. The second kappa shape index (κ2) is 24.7. The molecule has 8 nitrogen and oxygen atoms in total. The van der Waals surface area contributed by atoms with Gasteiger partial charge in [-0.3, -0.25) is 0 Å². The van der Waals surface area contributed by atoms with Gasteiger partial charge in [-0.15, -0.1) is 0 Å². The van der Waals surface area contributed by atoms with Crippen LogP contribution in [0, 0.1) is 46.3 Å². The largest absolute Gasteiger partial charge is 0.390 e. The van der Waals surface area contributed by atoms with E-state index in [4.69, 9.17) is 0 Å². The maximum Gasteiger partial charge on any atom is 0.145 e. The summed E-state index contributed by atoms with van der Waals surface area (Å²) < 4.78 is 26.4. The number of hydrogen-bond donors (Lipinski definition) is 8. The topological polar surface area (TPSA) is 162 Å². The molecule has 0 aromatic heterocycles. The van der Waals surface area contributed by atoms with Crippen molar-refractivity contribution in [1.29, 1.82) is 0 Å². The fourth-order valence-corrected chi connectivity index (χ4v) is 13.9. The van der Waals surface area contributed by atoms with Crippen molar-refractivity contribution in [2.45, 2.75) is 218 Å². The van der Waals surface area contributed by atoms with E-state index in [1.807, 2.05) is 64.2 Å². The highest BCUT2D eigenvalue weighted by atomic mass is 19.1. The van der Waals surface area contributed by atoms with Crippen LogP contribution >= 0.6 is 0 Å². The summed E-state index contributed by atoms with van der Waals surface area (Å²) in [6.07, 6.45) is 35.0. The van der Waals surface area contributed by atoms with Gasteiger partial charge in [0.1, 0.15) is 24.6 Å². The number of allylic oxidation sites excluding steroid dienone is 12. The molecule has 6 rings (SSSR count). The number of halogens is 2. The minimum absolute atomic E-state index is 0.187. The minimum atomic E-state index is -2.06. The van der Waals surface area contributed by atoms with Crippen LogP contribution in [0.5, 0.6) is 0 Å². The molecule has 70 heavy (non-hydrogen) atoms. The summed E-state index contributed by atoms with van der Waals surface area (Å²) in [5, 5.41) is 82.2. The van der Waals surface area contributed by atoms with Crippen molar-refractivity contribution in [2.24, 2.45) is 46.3 Å². The zero-order chi connectivity index (χ0) is 51.7. The fraction of sp³-hybridized carbons (Fsp3) is 0.733. The van der Waals surface area contributed by atoms with E-state index in [9.17, 15) is 49.6 Å². The van der Waals surface area contributed by atoms with Crippen LogP contribution in [0.3, 0.4) is 0 Å². The van der Waals surface area contributed by atoms with Gasteiger partial charge >= 0.3 is 0 Å². The summed E-state index contributed by atoms with van der Waals surface area (Å²) >= 11 is 0. The van der Waals surface area contributed by atoms with E-state index in [2.05, 4.69) is 64.2 Å². The van der Waals surface area contributed by atoms with Crippen molar-refractivity contribution in [1.82, 2.24) is 0 Å². The van der Waals surface area contributed by atoms with Crippen LogP contribution in [0.25, 0.3) is 0 Å². The molecule has 0 heterocycles. The Bertz CT molecular complexity index is 1790. The molecular weight excluding hydrogens is 887 g/mol. The first-order chi connectivity index (χ1) is 33.0. The molecule has 0 radical (unpaired) electrons. The maximum absolute atomic E-state index is 13.2. The van der Waals surface area contributed by atoms with Crippen molar-refractivity contribution in [3.8, 4) is 0 Å². The molecule has 0 aromatic rings. The molecular formula is C60H94F2O8. The lowest BCUT2D eigenvalue weighted by Crippen LogP contribution is -2.57. The molecule has 6 fully saturated rings. The zero-order valence-corrected chi connectivity index (χ0v) is 44.2. The molecule has 6 saturated carbocycles. The Labute approximate surface area is 420 Å². The van der Waals surface area contributed by atoms with Crippen LogP contribution in [0.2, 0.25) is 0 Å². The molecule has 0 aliphatic heterocycles. The maximum atomic E-state index is 13.2. The second-order valence-electron chi connectivity index (χ2n) is 23.3. The standard InChI is InChI=1S/2C30H47FO4/c2*1-5-29(34,6-2)17-8-7-10-21(3)24-14-15-25-23(11-9-16-28(24,25)4)13-12-22-18-26(32)30(35,20-31)27(33)19-22/h2*7-8,10,12-13,17,21,24-27,32-35H,5-6,9,11,14-16,18-20H2,1-4H3/b2*10-7+,17-8+,22-12?,23-13+/t2*21-,24?,25?,26-,27-,28?,30?/m11/s1. The number of alkyl halides is 2. The lowest BCUT2D eigenvalue weighted by Gasteiger charge is -2.44. The molecule has 0 aromatic carbocycles. The van der Waals surface area contributed by atoms with E-state index >= 15 is 0 Å². The van der Waals surface area contributed by atoms with Gasteiger partial charge < -0.3 is 40.9 Å². The van der Waals surface area contributed by atoms with Gasteiger partial charge in [-0.1, -0.05) is 151 Å². The van der Waals surface area contributed by atoms with Gasteiger partial charge in [-0.05, 0) is 162 Å². The third kappa shape index (κ3) is 12.9. The van der Waals surface area contributed by atoms with Gasteiger partial charge in [0.25, 0.3) is 0 Å². The Hall–Kier alpha value is -2.54. The first-order valence-corrected chi connectivity index (χ1v) is 27.3. The van der Waals surface area contributed by atoms with E-state index in [0.717, 1.165) is 36.8 Å². The summed E-state index contributed by atoms with van der Waals surface area (Å²) in [6, 6.07) is 0. The quantitative estimate of drug-likeness (QED) is 0.0709. The van der Waals surface area contributed by atoms with Gasteiger partial charge in [-0.2, -0.15) is 0 Å². The average Bonchev–Trinajstić information content (AvgIpc) is 3.90. The molecule has 0 amide bonds. The van der Waals surface area contributed by atoms with Crippen molar-refractivity contribution in [3.05, 3.63) is 95.2 Å². The predicted octanol–water partition coefficient (Wildman–Crippen LogP) is 11.1. The fourth-order valence-electron chi connectivity index (χ4n) is 13.9. The number of rotatable bonds is 16. The Balaban J connectivity index is 0.000000261. The van der Waals surface area contributed by atoms with Crippen molar-refractivity contribution < 1.29 is 49.6 Å². The Morgan fingerprint density at radius 3 is 1.17 bits per heavy atom. The van der Waals surface area contributed by atoms with E-state index in [0.29, 0.717) is 61.2 Å². The molecule has 12 atom stereocenters. The lowest BCUT2D eigenvalue weighted by molar-refractivity contribution is -0.165. The van der Waals surface area contributed by atoms with E-state index in [1.54, 1.807) is 0 Å². The predicted molar refractivity (Wildman–Crippen MR) is 279 cm³/mol. The Morgan fingerprint density at radius 2 is 0.871 bits per heavy atom. The Kier molecular flexibility index (Phi) is 20.6. The number of aliphatic hydroxyl groups is 8. The third-order valence-electron chi connectivity index (χ3n) is 19.3. The van der Waals surface area contributed by atoms with Crippen LogP contribution in [-0.4, -0.2) is 101 Å². The van der Waals surface area contributed by atoms with Crippen molar-refractivity contribution in [3.63, 3.8) is 0 Å². The van der Waals surface area contributed by atoms with Gasteiger partial charge in [0, 0.05) is 0 Å². The summed E-state index contributed by atoms with van der Waals surface area (Å²) in [6.45, 7) is 15.2. The zero-order valence-electron chi connectivity index (χ0n) is 44.2. The first kappa shape index (κ1) is 58.4. The van der Waals surface area contributed by atoms with Crippen molar-refractivity contribution in [2.75, 3.05) is 13.3 Å². The average molecular weight is 981 g/mol. The normalized spacial score (nSPS) is 38.4. The summed E-state index contributed by atoms with van der Waals surface area (Å²) in [4.78, 5) is 0. The number of aliphatic hydroxyl groups excluding tert-OH is 4. The third-order valence-corrected chi connectivity index (χ3v) is 19.3. The van der Waals surface area contributed by atoms with Crippen LogP contribution in [0.15, 0.2) is 95.2 Å².